The van der Waals surface area contributed by atoms with Gasteiger partial charge >= 0.3 is 6.03 Å². The summed E-state index contributed by atoms with van der Waals surface area (Å²) in [4.78, 5) is 28.9. The van der Waals surface area contributed by atoms with Crippen LogP contribution in [0.1, 0.15) is 24.1 Å². The van der Waals surface area contributed by atoms with Gasteiger partial charge in [0, 0.05) is 49.1 Å². The fraction of sp³-hybridized carbons (Fsp3) is 0.364. The van der Waals surface area contributed by atoms with Crippen LogP contribution in [0.4, 0.5) is 10.5 Å². The molecule has 0 aromatic heterocycles. The Morgan fingerprint density at radius 2 is 1.82 bits per heavy atom. The summed E-state index contributed by atoms with van der Waals surface area (Å²) in [6, 6.07) is 15.5. The monoisotopic (exact) mass is 397 g/mol. The Labute approximate surface area is 170 Å². The Balaban J connectivity index is 1.51. The van der Waals surface area contributed by atoms with Gasteiger partial charge in [0.25, 0.3) is 0 Å². The molecule has 28 heavy (non-hydrogen) atoms. The van der Waals surface area contributed by atoms with Crippen molar-refractivity contribution in [3.8, 4) is 0 Å². The first kappa shape index (κ1) is 18.8. The van der Waals surface area contributed by atoms with Gasteiger partial charge in [-0.25, -0.2) is 4.79 Å². The molecule has 6 heteroatoms. The van der Waals surface area contributed by atoms with Crippen molar-refractivity contribution in [2.75, 3.05) is 25.0 Å². The Morgan fingerprint density at radius 3 is 2.50 bits per heavy atom. The number of amides is 3. The number of nitrogens with one attached hydrogen (secondary N) is 1. The van der Waals surface area contributed by atoms with Crippen molar-refractivity contribution in [1.82, 2.24) is 9.80 Å². The lowest BCUT2D eigenvalue weighted by Crippen LogP contribution is -2.38. The first-order valence-corrected chi connectivity index (χ1v) is 9.96. The summed E-state index contributed by atoms with van der Waals surface area (Å²) in [5.74, 6) is 0.644. The maximum atomic E-state index is 12.8. The predicted molar refractivity (Wildman–Crippen MR) is 110 cm³/mol. The summed E-state index contributed by atoms with van der Waals surface area (Å²) in [5, 5.41) is 3.66. The van der Waals surface area contributed by atoms with Gasteiger partial charge in [-0.3, -0.25) is 4.79 Å². The van der Waals surface area contributed by atoms with Crippen molar-refractivity contribution in [2.45, 2.75) is 19.9 Å². The van der Waals surface area contributed by atoms with E-state index >= 15 is 0 Å². The summed E-state index contributed by atoms with van der Waals surface area (Å²) < 4.78 is 0. The average molecular weight is 398 g/mol. The largest absolute Gasteiger partial charge is 0.335 e. The number of carbonyl (C=O) groups excluding carboxylic acids is 2. The van der Waals surface area contributed by atoms with Crippen LogP contribution >= 0.6 is 11.6 Å². The molecule has 0 spiro atoms. The van der Waals surface area contributed by atoms with Crippen molar-refractivity contribution in [1.29, 1.82) is 0 Å². The highest BCUT2D eigenvalue weighted by Gasteiger charge is 2.49. The lowest BCUT2D eigenvalue weighted by atomic mass is 9.89. The molecule has 0 unspecified atom stereocenters. The Hall–Kier alpha value is -2.53. The molecule has 2 heterocycles. The van der Waals surface area contributed by atoms with E-state index in [1.165, 1.54) is 0 Å². The third kappa shape index (κ3) is 3.47. The summed E-state index contributed by atoms with van der Waals surface area (Å²) in [6.07, 6.45) is 0. The number of urea groups is 1. The van der Waals surface area contributed by atoms with E-state index in [4.69, 9.17) is 11.6 Å². The molecule has 2 fully saturated rings. The number of aryl methyl sites for hydroxylation is 1. The topological polar surface area (TPSA) is 52.7 Å². The first-order chi connectivity index (χ1) is 13.4. The Bertz CT molecular complexity index is 902. The normalized spacial score (nSPS) is 23.6. The van der Waals surface area contributed by atoms with Crippen molar-refractivity contribution in [2.24, 2.45) is 11.8 Å². The third-order valence-electron chi connectivity index (χ3n) is 5.93. The predicted octanol–water partition coefficient (Wildman–Crippen LogP) is 4.33. The van der Waals surface area contributed by atoms with E-state index in [-0.39, 0.29) is 23.9 Å². The zero-order chi connectivity index (χ0) is 19.8. The molecule has 2 aliphatic heterocycles. The van der Waals surface area contributed by atoms with E-state index in [9.17, 15) is 9.59 Å². The number of hydrogen-bond acceptors (Lipinski definition) is 2. The number of benzene rings is 2. The number of hydrogen-bond donors (Lipinski definition) is 1. The molecular formula is C22H24ClN3O2. The minimum atomic E-state index is -0.0963. The number of halogens is 1. The second-order valence-electron chi connectivity index (χ2n) is 7.75. The van der Waals surface area contributed by atoms with Gasteiger partial charge < -0.3 is 15.1 Å². The first-order valence-electron chi connectivity index (χ1n) is 9.58. The van der Waals surface area contributed by atoms with E-state index in [0.717, 1.165) is 16.8 Å². The average Bonchev–Trinajstić information content (AvgIpc) is 3.22. The van der Waals surface area contributed by atoms with E-state index in [0.29, 0.717) is 30.6 Å². The molecule has 2 saturated heterocycles. The molecule has 2 aromatic carbocycles. The smallest absolute Gasteiger partial charge is 0.321 e. The second-order valence-corrected chi connectivity index (χ2v) is 8.18. The molecular weight excluding hydrogens is 374 g/mol. The number of anilines is 1. The Kier molecular flexibility index (Phi) is 5.02. The molecule has 0 bridgehead atoms. The van der Waals surface area contributed by atoms with Crippen molar-refractivity contribution in [3.63, 3.8) is 0 Å². The SMILES string of the molecule is CC(=O)N1C[C@H]2CN(C(=O)Nc3ccc(Cl)cc3C)C[C@H]2[C@@H]1c1ccccc1. The van der Waals surface area contributed by atoms with Crippen molar-refractivity contribution in [3.05, 3.63) is 64.7 Å². The van der Waals surface area contributed by atoms with Crippen LogP contribution in [0.25, 0.3) is 0 Å². The van der Waals surface area contributed by atoms with Crippen molar-refractivity contribution >= 4 is 29.2 Å². The maximum absolute atomic E-state index is 12.8. The lowest BCUT2D eigenvalue weighted by molar-refractivity contribution is -0.130. The highest BCUT2D eigenvalue weighted by Crippen LogP contribution is 2.45. The van der Waals surface area contributed by atoms with Crippen LogP contribution in [0.5, 0.6) is 0 Å². The molecule has 1 N–H and O–H groups in total. The molecule has 2 aromatic rings. The molecule has 3 amide bonds. The fourth-order valence-electron chi connectivity index (χ4n) is 4.57. The molecule has 5 nitrogen and oxygen atoms in total. The number of likely N-dealkylation sites (tertiary alicyclic amines) is 2. The van der Waals surface area contributed by atoms with Gasteiger partial charge in [0.1, 0.15) is 0 Å². The molecule has 146 valence electrons. The van der Waals surface area contributed by atoms with Crippen LogP contribution in [0, 0.1) is 18.8 Å². The number of carbonyl (C=O) groups is 2. The van der Waals surface area contributed by atoms with E-state index in [1.807, 2.05) is 47.1 Å². The van der Waals surface area contributed by atoms with Gasteiger partial charge in [-0.15, -0.1) is 0 Å². The molecule has 2 aliphatic rings. The zero-order valence-electron chi connectivity index (χ0n) is 16.1. The van der Waals surface area contributed by atoms with Crippen LogP contribution in [0.2, 0.25) is 5.02 Å². The summed E-state index contributed by atoms with van der Waals surface area (Å²) in [5.41, 5.74) is 2.85. The van der Waals surface area contributed by atoms with Crippen molar-refractivity contribution < 1.29 is 9.59 Å². The van der Waals surface area contributed by atoms with E-state index in [2.05, 4.69) is 17.4 Å². The zero-order valence-corrected chi connectivity index (χ0v) is 16.8. The number of rotatable bonds is 2. The second kappa shape index (κ2) is 7.47. The molecule has 0 radical (unpaired) electrons. The van der Waals surface area contributed by atoms with Crippen LogP contribution in [-0.4, -0.2) is 41.4 Å². The summed E-state index contributed by atoms with van der Waals surface area (Å²) in [6.45, 7) is 5.56. The van der Waals surface area contributed by atoms with Gasteiger partial charge in [-0.1, -0.05) is 41.9 Å². The standard InChI is InChI=1S/C22H24ClN3O2/c1-14-10-18(23)8-9-20(14)24-22(28)25-11-17-12-26(15(2)27)21(19(17)13-25)16-6-4-3-5-7-16/h3-10,17,19,21H,11-13H2,1-2H3,(H,24,28)/t17-,19-,21+/m1/s1. The summed E-state index contributed by atoms with van der Waals surface area (Å²) >= 11 is 6.00. The quantitative estimate of drug-likeness (QED) is 0.819. The summed E-state index contributed by atoms with van der Waals surface area (Å²) in [7, 11) is 0. The van der Waals surface area contributed by atoms with Crippen LogP contribution < -0.4 is 5.32 Å². The molecule has 0 aliphatic carbocycles. The molecule has 3 atom stereocenters. The highest BCUT2D eigenvalue weighted by atomic mass is 35.5. The third-order valence-corrected chi connectivity index (χ3v) is 6.16. The van der Waals surface area contributed by atoms with Crippen LogP contribution in [-0.2, 0) is 4.79 Å². The van der Waals surface area contributed by atoms with Gasteiger partial charge in [0.15, 0.2) is 0 Å². The van der Waals surface area contributed by atoms with E-state index in [1.54, 1.807) is 13.0 Å². The minimum Gasteiger partial charge on any atom is -0.335 e. The van der Waals surface area contributed by atoms with E-state index < -0.39 is 0 Å². The molecule has 0 saturated carbocycles. The van der Waals surface area contributed by atoms with Gasteiger partial charge in [0.05, 0.1) is 6.04 Å². The number of nitrogens with zero attached hydrogens (tertiary/aromatic N) is 2. The van der Waals surface area contributed by atoms with Crippen LogP contribution in [0.3, 0.4) is 0 Å². The number of fused-ring (bicyclic) bond motifs is 1. The van der Waals surface area contributed by atoms with Gasteiger partial charge in [-0.05, 0) is 36.2 Å². The maximum Gasteiger partial charge on any atom is 0.321 e. The molecule has 4 rings (SSSR count). The van der Waals surface area contributed by atoms with Gasteiger partial charge in [-0.2, -0.15) is 0 Å². The van der Waals surface area contributed by atoms with Gasteiger partial charge in [0.2, 0.25) is 5.91 Å². The highest BCUT2D eigenvalue weighted by molar-refractivity contribution is 6.30. The Morgan fingerprint density at radius 1 is 1.07 bits per heavy atom. The fourth-order valence-corrected chi connectivity index (χ4v) is 4.80. The lowest BCUT2D eigenvalue weighted by Gasteiger charge is -2.29. The minimum absolute atomic E-state index is 0.0266. The van der Waals surface area contributed by atoms with Crippen LogP contribution in [0.15, 0.2) is 48.5 Å².